The molecule has 18 heavy (non-hydrogen) atoms. The SMILES string of the molecule is Cc1ccc(Nc2n[nH]c(N)n2)cc1C(F)(F)F. The van der Waals surface area contributed by atoms with Crippen molar-refractivity contribution in [1.82, 2.24) is 15.2 Å². The van der Waals surface area contributed by atoms with E-state index in [1.807, 2.05) is 0 Å². The molecule has 0 radical (unpaired) electrons. The van der Waals surface area contributed by atoms with Crippen LogP contribution in [0, 0.1) is 6.92 Å². The van der Waals surface area contributed by atoms with Gasteiger partial charge in [0.25, 0.3) is 0 Å². The van der Waals surface area contributed by atoms with E-state index in [0.29, 0.717) is 0 Å². The Labute approximate surface area is 100 Å². The smallest absolute Gasteiger partial charge is 0.368 e. The van der Waals surface area contributed by atoms with E-state index in [0.717, 1.165) is 6.07 Å². The topological polar surface area (TPSA) is 79.6 Å². The first-order chi connectivity index (χ1) is 8.36. The number of aromatic nitrogens is 3. The quantitative estimate of drug-likeness (QED) is 0.772. The molecule has 2 aromatic rings. The Kier molecular flexibility index (Phi) is 2.85. The number of H-pyrrole nitrogens is 1. The standard InChI is InChI=1S/C10H10F3N5/c1-5-2-3-6(4-7(5)10(11,12)13)15-9-16-8(14)17-18-9/h2-4H,1H3,(H4,14,15,16,17,18). The Morgan fingerprint density at radius 3 is 2.61 bits per heavy atom. The van der Waals surface area contributed by atoms with Crippen molar-refractivity contribution in [2.45, 2.75) is 13.1 Å². The van der Waals surface area contributed by atoms with Gasteiger partial charge in [-0.2, -0.15) is 18.2 Å². The van der Waals surface area contributed by atoms with Gasteiger partial charge in [0.1, 0.15) is 0 Å². The van der Waals surface area contributed by atoms with Crippen LogP contribution in [-0.4, -0.2) is 15.2 Å². The van der Waals surface area contributed by atoms with Crippen molar-refractivity contribution in [1.29, 1.82) is 0 Å². The van der Waals surface area contributed by atoms with Gasteiger partial charge in [-0.15, -0.1) is 5.10 Å². The lowest BCUT2D eigenvalue weighted by Gasteiger charge is -2.12. The van der Waals surface area contributed by atoms with E-state index in [-0.39, 0.29) is 23.1 Å². The number of aromatic amines is 1. The number of benzene rings is 1. The van der Waals surface area contributed by atoms with Crippen LogP contribution in [0.25, 0.3) is 0 Å². The molecule has 0 aliphatic heterocycles. The van der Waals surface area contributed by atoms with Gasteiger partial charge in [-0.3, -0.25) is 0 Å². The lowest BCUT2D eigenvalue weighted by molar-refractivity contribution is -0.138. The van der Waals surface area contributed by atoms with Gasteiger partial charge in [0.2, 0.25) is 11.9 Å². The van der Waals surface area contributed by atoms with E-state index < -0.39 is 11.7 Å². The summed E-state index contributed by atoms with van der Waals surface area (Å²) in [6, 6.07) is 3.89. The Morgan fingerprint density at radius 1 is 1.33 bits per heavy atom. The van der Waals surface area contributed by atoms with E-state index in [9.17, 15) is 13.2 Å². The molecule has 5 nitrogen and oxygen atoms in total. The molecular formula is C10H10F3N5. The highest BCUT2D eigenvalue weighted by atomic mass is 19.4. The van der Waals surface area contributed by atoms with E-state index in [2.05, 4.69) is 20.5 Å². The molecule has 8 heteroatoms. The highest BCUT2D eigenvalue weighted by Gasteiger charge is 2.32. The van der Waals surface area contributed by atoms with Crippen LogP contribution in [0.3, 0.4) is 0 Å². The van der Waals surface area contributed by atoms with Crippen LogP contribution in [0.1, 0.15) is 11.1 Å². The number of nitrogens with two attached hydrogens (primary N) is 1. The summed E-state index contributed by atoms with van der Waals surface area (Å²) >= 11 is 0. The molecule has 0 bridgehead atoms. The molecular weight excluding hydrogens is 247 g/mol. The third-order valence-electron chi connectivity index (χ3n) is 2.30. The maximum absolute atomic E-state index is 12.7. The highest BCUT2D eigenvalue weighted by Crippen LogP contribution is 2.33. The summed E-state index contributed by atoms with van der Waals surface area (Å²) in [4.78, 5) is 3.74. The fourth-order valence-electron chi connectivity index (χ4n) is 1.46. The number of nitrogen functional groups attached to an aromatic ring is 1. The predicted octanol–water partition coefficient (Wildman–Crippen LogP) is 2.46. The summed E-state index contributed by atoms with van der Waals surface area (Å²) in [6.07, 6.45) is -4.39. The van der Waals surface area contributed by atoms with Crippen LogP contribution in [0.5, 0.6) is 0 Å². The number of nitrogens with zero attached hydrogens (tertiary/aromatic N) is 2. The van der Waals surface area contributed by atoms with Gasteiger partial charge in [-0.1, -0.05) is 6.07 Å². The number of hydrogen-bond donors (Lipinski definition) is 3. The molecule has 0 aliphatic rings. The number of aryl methyl sites for hydroxylation is 1. The number of nitrogens with one attached hydrogen (secondary N) is 2. The largest absolute Gasteiger partial charge is 0.416 e. The third-order valence-corrected chi connectivity index (χ3v) is 2.30. The summed E-state index contributed by atoms with van der Waals surface area (Å²) in [6.45, 7) is 1.40. The molecule has 2 rings (SSSR count). The van der Waals surface area contributed by atoms with E-state index in [1.165, 1.54) is 19.1 Å². The van der Waals surface area contributed by atoms with Gasteiger partial charge in [-0.25, -0.2) is 5.10 Å². The van der Waals surface area contributed by atoms with Crippen LogP contribution < -0.4 is 11.1 Å². The third kappa shape index (κ3) is 2.53. The summed E-state index contributed by atoms with van der Waals surface area (Å²) in [5.41, 5.74) is 5.01. The zero-order valence-electron chi connectivity index (χ0n) is 9.34. The molecule has 1 heterocycles. The maximum atomic E-state index is 12.7. The zero-order valence-corrected chi connectivity index (χ0v) is 9.34. The van der Waals surface area contributed by atoms with Crippen molar-refractivity contribution >= 4 is 17.6 Å². The minimum absolute atomic E-state index is 0.0839. The van der Waals surface area contributed by atoms with Gasteiger partial charge in [0.05, 0.1) is 5.56 Å². The molecule has 0 saturated carbocycles. The van der Waals surface area contributed by atoms with Gasteiger partial charge in [0.15, 0.2) is 0 Å². The maximum Gasteiger partial charge on any atom is 0.416 e. The Bertz CT molecular complexity index is 561. The van der Waals surface area contributed by atoms with Gasteiger partial charge in [0, 0.05) is 5.69 Å². The minimum Gasteiger partial charge on any atom is -0.368 e. The fraction of sp³-hybridized carbons (Fsp3) is 0.200. The Morgan fingerprint density at radius 2 is 2.06 bits per heavy atom. The van der Waals surface area contributed by atoms with Crippen molar-refractivity contribution in [3.05, 3.63) is 29.3 Å². The van der Waals surface area contributed by atoms with Crippen molar-refractivity contribution in [2.24, 2.45) is 0 Å². The second-order valence-electron chi connectivity index (χ2n) is 3.70. The molecule has 0 aliphatic carbocycles. The minimum atomic E-state index is -4.39. The molecule has 4 N–H and O–H groups in total. The van der Waals surface area contributed by atoms with E-state index in [4.69, 9.17) is 5.73 Å². The number of alkyl halides is 3. The van der Waals surface area contributed by atoms with Crippen LogP contribution in [-0.2, 0) is 6.18 Å². The van der Waals surface area contributed by atoms with Crippen LogP contribution in [0.4, 0.5) is 30.8 Å². The first-order valence-electron chi connectivity index (χ1n) is 4.99. The van der Waals surface area contributed by atoms with Crippen molar-refractivity contribution in [3.8, 4) is 0 Å². The van der Waals surface area contributed by atoms with Crippen LogP contribution in [0.2, 0.25) is 0 Å². The molecule has 0 atom stereocenters. The number of halogens is 3. The van der Waals surface area contributed by atoms with Gasteiger partial charge in [-0.05, 0) is 24.6 Å². The van der Waals surface area contributed by atoms with Crippen molar-refractivity contribution in [3.63, 3.8) is 0 Å². The molecule has 0 spiro atoms. The average molecular weight is 257 g/mol. The van der Waals surface area contributed by atoms with E-state index >= 15 is 0 Å². The normalized spacial score (nSPS) is 11.6. The Hall–Kier alpha value is -2.25. The van der Waals surface area contributed by atoms with E-state index in [1.54, 1.807) is 0 Å². The summed E-state index contributed by atoms with van der Waals surface area (Å²) < 4.78 is 38.1. The number of hydrogen-bond acceptors (Lipinski definition) is 4. The van der Waals surface area contributed by atoms with Crippen LogP contribution >= 0.6 is 0 Å². The average Bonchev–Trinajstić information content (AvgIpc) is 2.65. The monoisotopic (exact) mass is 257 g/mol. The number of anilines is 3. The Balaban J connectivity index is 2.30. The van der Waals surface area contributed by atoms with Gasteiger partial charge >= 0.3 is 6.18 Å². The second-order valence-corrected chi connectivity index (χ2v) is 3.70. The second kappa shape index (κ2) is 4.21. The molecule has 0 fully saturated rings. The molecule has 0 unspecified atom stereocenters. The molecule has 0 amide bonds. The highest BCUT2D eigenvalue weighted by molar-refractivity contribution is 5.56. The molecule has 1 aromatic heterocycles. The molecule has 1 aromatic carbocycles. The first-order valence-corrected chi connectivity index (χ1v) is 4.99. The molecule has 0 saturated heterocycles. The molecule has 96 valence electrons. The van der Waals surface area contributed by atoms with Gasteiger partial charge < -0.3 is 11.1 Å². The summed E-state index contributed by atoms with van der Waals surface area (Å²) in [5, 5.41) is 8.68. The lowest BCUT2D eigenvalue weighted by Crippen LogP contribution is -2.08. The summed E-state index contributed by atoms with van der Waals surface area (Å²) in [7, 11) is 0. The first kappa shape index (κ1) is 12.2. The summed E-state index contributed by atoms with van der Waals surface area (Å²) in [5.74, 6) is 0.199. The zero-order chi connectivity index (χ0) is 13.3. The fourth-order valence-corrected chi connectivity index (χ4v) is 1.46. The van der Waals surface area contributed by atoms with Crippen molar-refractivity contribution < 1.29 is 13.2 Å². The lowest BCUT2D eigenvalue weighted by atomic mass is 10.1. The predicted molar refractivity (Wildman–Crippen MR) is 60.3 cm³/mol. The number of rotatable bonds is 2. The van der Waals surface area contributed by atoms with Crippen LogP contribution in [0.15, 0.2) is 18.2 Å². The van der Waals surface area contributed by atoms with Crippen molar-refractivity contribution in [2.75, 3.05) is 11.1 Å².